The maximum atomic E-state index is 4.46. The smallest absolute Gasteiger partial charge is 0.123 e. The Labute approximate surface area is 100 Å². The van der Waals surface area contributed by atoms with Gasteiger partial charge in [0.1, 0.15) is 11.6 Å². The van der Waals surface area contributed by atoms with Crippen LogP contribution in [0.4, 0.5) is 0 Å². The van der Waals surface area contributed by atoms with E-state index in [0.717, 1.165) is 11.6 Å². The first-order valence-electron chi connectivity index (χ1n) is 5.59. The summed E-state index contributed by atoms with van der Waals surface area (Å²) in [6.07, 6.45) is 1.99. The summed E-state index contributed by atoms with van der Waals surface area (Å²) in [5.41, 5.74) is 1.21. The Bertz CT molecular complexity index is 434. The summed E-state index contributed by atoms with van der Waals surface area (Å²) >= 11 is 1.79. The molecular weight excluding hydrogens is 216 g/mol. The van der Waals surface area contributed by atoms with Crippen LogP contribution >= 0.6 is 11.3 Å². The number of nitrogens with zero attached hydrogens (tertiary/aromatic N) is 1. The molecule has 1 aromatic heterocycles. The van der Waals surface area contributed by atoms with Gasteiger partial charge in [-0.05, 0) is 13.8 Å². The van der Waals surface area contributed by atoms with Crippen LogP contribution < -0.4 is 5.32 Å². The quantitative estimate of drug-likeness (QED) is 0.862. The molecule has 0 atom stereocenters. The molecule has 84 valence electrons. The number of quaternary nitrogens is 1. The average Bonchev–Trinajstić information content (AvgIpc) is 2.76. The molecule has 0 radical (unpaired) electrons. The molecule has 0 spiro atoms. The normalized spacial score (nSPS) is 10.9. The molecule has 0 unspecified atom stereocenters. The van der Waals surface area contributed by atoms with Crippen LogP contribution in [0.1, 0.15) is 18.7 Å². The van der Waals surface area contributed by atoms with Gasteiger partial charge < -0.3 is 5.32 Å². The second-order valence-electron chi connectivity index (χ2n) is 4.18. The summed E-state index contributed by atoms with van der Waals surface area (Å²) in [7, 11) is 0. The molecule has 2 rings (SSSR count). The minimum Gasteiger partial charge on any atom is -0.340 e. The van der Waals surface area contributed by atoms with Crippen LogP contribution in [0.2, 0.25) is 0 Å². The summed E-state index contributed by atoms with van der Waals surface area (Å²) in [5.74, 6) is 0. The Balaban J connectivity index is 2.08. The second-order valence-corrected chi connectivity index (χ2v) is 5.30. The maximum absolute atomic E-state index is 4.46. The van der Waals surface area contributed by atoms with Gasteiger partial charge >= 0.3 is 0 Å². The molecule has 0 aliphatic rings. The van der Waals surface area contributed by atoms with E-state index in [4.69, 9.17) is 0 Å². The first-order chi connectivity index (χ1) is 7.75. The van der Waals surface area contributed by atoms with Crippen molar-refractivity contribution in [1.29, 1.82) is 0 Å². The zero-order valence-electron chi connectivity index (χ0n) is 9.68. The highest BCUT2D eigenvalue weighted by Crippen LogP contribution is 2.24. The van der Waals surface area contributed by atoms with Gasteiger partial charge in [-0.1, -0.05) is 30.3 Å². The minimum absolute atomic E-state index is 0.641. The van der Waals surface area contributed by atoms with Gasteiger partial charge in [0.2, 0.25) is 0 Å². The van der Waals surface area contributed by atoms with Crippen molar-refractivity contribution in [2.24, 2.45) is 0 Å². The van der Waals surface area contributed by atoms with Crippen molar-refractivity contribution in [2.75, 3.05) is 0 Å². The molecule has 3 heteroatoms. The SMILES string of the molecule is CC(C)[NH2+]Cc1cnc(-c2ccccc2)s1. The number of nitrogens with two attached hydrogens (primary N) is 1. The summed E-state index contributed by atoms with van der Waals surface area (Å²) < 4.78 is 0. The van der Waals surface area contributed by atoms with Gasteiger partial charge in [0.05, 0.1) is 10.9 Å². The van der Waals surface area contributed by atoms with Crippen LogP contribution in [0.15, 0.2) is 36.5 Å². The summed E-state index contributed by atoms with van der Waals surface area (Å²) in [5, 5.41) is 3.44. The fraction of sp³-hybridized carbons (Fsp3) is 0.308. The molecule has 0 saturated carbocycles. The Morgan fingerprint density at radius 2 is 2.00 bits per heavy atom. The lowest BCUT2D eigenvalue weighted by molar-refractivity contribution is -0.697. The number of thiazole rings is 1. The predicted molar refractivity (Wildman–Crippen MR) is 68.3 cm³/mol. The van der Waals surface area contributed by atoms with Crippen LogP contribution in [0.5, 0.6) is 0 Å². The molecule has 1 heterocycles. The second kappa shape index (κ2) is 5.23. The van der Waals surface area contributed by atoms with E-state index in [9.17, 15) is 0 Å². The van der Waals surface area contributed by atoms with Crippen molar-refractivity contribution in [3.05, 3.63) is 41.4 Å². The molecule has 0 bridgehead atoms. The van der Waals surface area contributed by atoms with Gasteiger partial charge in [-0.25, -0.2) is 4.98 Å². The molecule has 1 aromatic carbocycles. The maximum Gasteiger partial charge on any atom is 0.123 e. The van der Waals surface area contributed by atoms with Gasteiger partial charge in [-0.3, -0.25) is 0 Å². The van der Waals surface area contributed by atoms with Crippen LogP contribution in [0.3, 0.4) is 0 Å². The van der Waals surface area contributed by atoms with Crippen LogP contribution in [-0.4, -0.2) is 11.0 Å². The van der Waals surface area contributed by atoms with Gasteiger partial charge in [-0.2, -0.15) is 0 Å². The minimum atomic E-state index is 0.641. The molecule has 0 aliphatic carbocycles. The zero-order chi connectivity index (χ0) is 11.4. The first kappa shape index (κ1) is 11.3. The van der Waals surface area contributed by atoms with E-state index in [1.807, 2.05) is 12.3 Å². The van der Waals surface area contributed by atoms with Crippen molar-refractivity contribution in [3.8, 4) is 10.6 Å². The Kier molecular flexibility index (Phi) is 3.70. The van der Waals surface area contributed by atoms with Gasteiger partial charge in [0, 0.05) is 11.8 Å². The first-order valence-corrected chi connectivity index (χ1v) is 6.41. The van der Waals surface area contributed by atoms with Crippen LogP contribution in [0, 0.1) is 0 Å². The molecule has 2 nitrogen and oxygen atoms in total. The van der Waals surface area contributed by atoms with Gasteiger partial charge in [0.25, 0.3) is 0 Å². The van der Waals surface area contributed by atoms with Crippen molar-refractivity contribution in [2.45, 2.75) is 26.4 Å². The molecule has 0 saturated heterocycles. The van der Waals surface area contributed by atoms with E-state index in [1.165, 1.54) is 10.4 Å². The van der Waals surface area contributed by atoms with Crippen molar-refractivity contribution < 1.29 is 5.32 Å². The van der Waals surface area contributed by atoms with E-state index < -0.39 is 0 Å². The number of benzene rings is 1. The number of aromatic nitrogens is 1. The van der Waals surface area contributed by atoms with Gasteiger partial charge in [0.15, 0.2) is 0 Å². The number of rotatable bonds is 4. The number of hydrogen-bond donors (Lipinski definition) is 1. The highest BCUT2D eigenvalue weighted by Gasteiger charge is 2.06. The van der Waals surface area contributed by atoms with E-state index in [0.29, 0.717) is 6.04 Å². The highest BCUT2D eigenvalue weighted by atomic mass is 32.1. The summed E-state index contributed by atoms with van der Waals surface area (Å²) in [6, 6.07) is 11.0. The summed E-state index contributed by atoms with van der Waals surface area (Å²) in [4.78, 5) is 5.80. The fourth-order valence-electron chi connectivity index (χ4n) is 1.47. The monoisotopic (exact) mass is 233 g/mol. The lowest BCUT2D eigenvalue weighted by Crippen LogP contribution is -2.86. The topological polar surface area (TPSA) is 29.5 Å². The largest absolute Gasteiger partial charge is 0.340 e. The van der Waals surface area contributed by atoms with Crippen molar-refractivity contribution in [1.82, 2.24) is 4.98 Å². The van der Waals surface area contributed by atoms with E-state index >= 15 is 0 Å². The predicted octanol–water partition coefficient (Wildman–Crippen LogP) is 2.28. The zero-order valence-corrected chi connectivity index (χ0v) is 10.5. The van der Waals surface area contributed by atoms with E-state index in [2.05, 4.69) is 48.4 Å². The van der Waals surface area contributed by atoms with E-state index in [-0.39, 0.29) is 0 Å². The molecule has 0 aliphatic heterocycles. The fourth-order valence-corrected chi connectivity index (χ4v) is 2.36. The number of hydrogen-bond acceptors (Lipinski definition) is 2. The van der Waals surface area contributed by atoms with E-state index in [1.54, 1.807) is 11.3 Å². The van der Waals surface area contributed by atoms with Crippen LogP contribution in [-0.2, 0) is 6.54 Å². The summed E-state index contributed by atoms with van der Waals surface area (Å²) in [6.45, 7) is 5.44. The lowest BCUT2D eigenvalue weighted by atomic mass is 10.2. The lowest BCUT2D eigenvalue weighted by Gasteiger charge is -2.01. The third-order valence-electron chi connectivity index (χ3n) is 2.36. The standard InChI is InChI=1S/C13H16N2S/c1-10(2)14-8-12-9-15-13(16-12)11-6-4-3-5-7-11/h3-7,9-10,14H,8H2,1-2H3/p+1. The molecule has 2 aromatic rings. The third-order valence-corrected chi connectivity index (χ3v) is 3.43. The molecule has 16 heavy (non-hydrogen) atoms. The average molecular weight is 233 g/mol. The molecule has 0 fully saturated rings. The van der Waals surface area contributed by atoms with Crippen molar-refractivity contribution in [3.63, 3.8) is 0 Å². The molecular formula is C13H17N2S+. The highest BCUT2D eigenvalue weighted by molar-refractivity contribution is 7.15. The van der Waals surface area contributed by atoms with Crippen LogP contribution in [0.25, 0.3) is 10.6 Å². The molecule has 2 N–H and O–H groups in total. The molecule has 0 amide bonds. The Morgan fingerprint density at radius 1 is 1.25 bits per heavy atom. The Morgan fingerprint density at radius 3 is 2.69 bits per heavy atom. The van der Waals surface area contributed by atoms with Gasteiger partial charge in [-0.15, -0.1) is 11.3 Å². The Hall–Kier alpha value is -1.19. The van der Waals surface area contributed by atoms with Crippen molar-refractivity contribution >= 4 is 11.3 Å². The third kappa shape index (κ3) is 2.90.